The number of amides is 2. The number of H-pyrrole nitrogens is 1. The molecule has 7 nitrogen and oxygen atoms in total. The van der Waals surface area contributed by atoms with E-state index >= 15 is 0 Å². The highest BCUT2D eigenvalue weighted by atomic mass is 35.5. The van der Waals surface area contributed by atoms with Crippen molar-refractivity contribution >= 4 is 58.1 Å². The Bertz CT molecular complexity index is 1120. The number of thiazole rings is 1. The lowest BCUT2D eigenvalue weighted by atomic mass is 9.90. The molecule has 0 radical (unpaired) electrons. The molecule has 2 atom stereocenters. The minimum absolute atomic E-state index is 0. The predicted octanol–water partition coefficient (Wildman–Crippen LogP) is 3.82. The summed E-state index contributed by atoms with van der Waals surface area (Å²) in [5.41, 5.74) is 2.39. The van der Waals surface area contributed by atoms with Crippen molar-refractivity contribution in [3.05, 3.63) is 50.6 Å². The number of carbonyl (C=O) groups is 2. The summed E-state index contributed by atoms with van der Waals surface area (Å²) in [6.07, 6.45) is 4.58. The number of hydrogen-bond donors (Lipinski definition) is 4. The summed E-state index contributed by atoms with van der Waals surface area (Å²) in [6, 6.07) is 7.07. The molecule has 0 unspecified atom stereocenters. The third kappa shape index (κ3) is 4.78. The number of halogens is 2. The standard InChI is InChI=1S/C22H24ClN5O2S.ClH/c23-13-5-6-14-12(9-13)10-18(25-14)20(29)26-15-3-1-2-4-16(15)27-21(30)22-28-17-7-8-24-11-19(17)31-22;/h5-6,9-10,15-16,24-25H,1-4,7-8,11H2,(H,26,29)(H,27,30);1H/t15-,16+;/m1./s1. The van der Waals surface area contributed by atoms with Crippen LogP contribution in [0.4, 0.5) is 0 Å². The van der Waals surface area contributed by atoms with Gasteiger partial charge in [0.25, 0.3) is 11.8 Å². The Kier molecular flexibility index (Phi) is 7.05. The van der Waals surface area contributed by atoms with Gasteiger partial charge in [-0.05, 0) is 37.1 Å². The first-order chi connectivity index (χ1) is 15.1. The molecule has 0 spiro atoms. The summed E-state index contributed by atoms with van der Waals surface area (Å²) in [7, 11) is 0. The van der Waals surface area contributed by atoms with E-state index in [1.807, 2.05) is 12.1 Å². The van der Waals surface area contributed by atoms with Gasteiger partial charge >= 0.3 is 0 Å². The fourth-order valence-corrected chi connectivity index (χ4v) is 5.56. The van der Waals surface area contributed by atoms with Crippen molar-refractivity contribution in [3.8, 4) is 0 Å². The van der Waals surface area contributed by atoms with E-state index in [0.29, 0.717) is 15.7 Å². The summed E-state index contributed by atoms with van der Waals surface area (Å²) in [5, 5.41) is 11.6. The molecule has 32 heavy (non-hydrogen) atoms. The largest absolute Gasteiger partial charge is 0.351 e. The van der Waals surface area contributed by atoms with E-state index in [1.165, 1.54) is 11.3 Å². The lowest BCUT2D eigenvalue weighted by Crippen LogP contribution is -2.53. The molecule has 2 aliphatic rings. The second kappa shape index (κ2) is 9.79. The molecule has 1 aliphatic carbocycles. The van der Waals surface area contributed by atoms with Crippen LogP contribution in [0.15, 0.2) is 24.3 Å². The first-order valence-electron chi connectivity index (χ1n) is 10.7. The fourth-order valence-electron chi connectivity index (χ4n) is 4.40. The summed E-state index contributed by atoms with van der Waals surface area (Å²) >= 11 is 7.51. The maximum absolute atomic E-state index is 12.9. The Labute approximate surface area is 201 Å². The van der Waals surface area contributed by atoms with Gasteiger partial charge in [0.1, 0.15) is 5.69 Å². The van der Waals surface area contributed by atoms with Crippen molar-refractivity contribution in [2.45, 2.75) is 50.7 Å². The SMILES string of the molecule is Cl.O=C(N[C@@H]1CCCC[C@@H]1NC(=O)c1nc2c(s1)CNCC2)c1cc2cc(Cl)ccc2[nH]1. The van der Waals surface area contributed by atoms with Crippen molar-refractivity contribution in [3.63, 3.8) is 0 Å². The zero-order valence-corrected chi connectivity index (χ0v) is 19.8. The third-order valence-corrected chi connectivity index (χ3v) is 7.35. The maximum Gasteiger partial charge on any atom is 0.280 e. The molecule has 170 valence electrons. The first-order valence-corrected chi connectivity index (χ1v) is 11.9. The Morgan fingerprint density at radius 2 is 1.84 bits per heavy atom. The molecule has 2 amide bonds. The fraction of sp³-hybridized carbons (Fsp3) is 0.409. The predicted molar refractivity (Wildman–Crippen MR) is 129 cm³/mol. The van der Waals surface area contributed by atoms with Gasteiger partial charge < -0.3 is 20.9 Å². The summed E-state index contributed by atoms with van der Waals surface area (Å²) < 4.78 is 0. The van der Waals surface area contributed by atoms with Crippen LogP contribution in [0, 0.1) is 0 Å². The molecule has 1 aliphatic heterocycles. The molecule has 1 fully saturated rings. The van der Waals surface area contributed by atoms with Crippen molar-refractivity contribution in [2.75, 3.05) is 6.54 Å². The minimum Gasteiger partial charge on any atom is -0.351 e. The second-order valence-corrected chi connectivity index (χ2v) is 9.69. The van der Waals surface area contributed by atoms with Gasteiger partial charge in [0.2, 0.25) is 0 Å². The third-order valence-electron chi connectivity index (χ3n) is 6.02. The van der Waals surface area contributed by atoms with E-state index in [9.17, 15) is 9.59 Å². The molecule has 0 saturated heterocycles. The molecule has 2 aromatic heterocycles. The van der Waals surface area contributed by atoms with Crippen LogP contribution in [0.25, 0.3) is 10.9 Å². The highest BCUT2D eigenvalue weighted by molar-refractivity contribution is 7.13. The molecule has 0 bridgehead atoms. The van der Waals surface area contributed by atoms with Gasteiger partial charge in [0.15, 0.2) is 5.01 Å². The van der Waals surface area contributed by atoms with Crippen LogP contribution in [0.2, 0.25) is 5.02 Å². The zero-order chi connectivity index (χ0) is 21.4. The Balaban J connectivity index is 0.00000245. The van der Waals surface area contributed by atoms with Gasteiger partial charge in [0.05, 0.1) is 5.69 Å². The minimum atomic E-state index is -0.172. The first kappa shape index (κ1) is 23.0. The summed E-state index contributed by atoms with van der Waals surface area (Å²) in [4.78, 5) is 34.6. The van der Waals surface area contributed by atoms with Crippen LogP contribution in [-0.2, 0) is 13.0 Å². The molecule has 10 heteroatoms. The number of hydrogen-bond acceptors (Lipinski definition) is 5. The molecule has 3 heterocycles. The topological polar surface area (TPSA) is 98.9 Å². The summed E-state index contributed by atoms with van der Waals surface area (Å²) in [5.74, 6) is -0.319. The number of nitrogens with one attached hydrogen (secondary N) is 4. The quantitative estimate of drug-likeness (QED) is 0.443. The molecular weight excluding hydrogens is 469 g/mol. The number of carbonyl (C=O) groups excluding carboxylic acids is 2. The number of rotatable bonds is 4. The van der Waals surface area contributed by atoms with Crippen LogP contribution < -0.4 is 16.0 Å². The van der Waals surface area contributed by atoms with E-state index in [4.69, 9.17) is 11.6 Å². The molecule has 1 aromatic carbocycles. The highest BCUT2D eigenvalue weighted by Crippen LogP contribution is 2.24. The van der Waals surface area contributed by atoms with E-state index in [-0.39, 0.29) is 36.3 Å². The zero-order valence-electron chi connectivity index (χ0n) is 17.4. The van der Waals surface area contributed by atoms with Gasteiger partial charge in [-0.1, -0.05) is 24.4 Å². The van der Waals surface area contributed by atoms with Crippen LogP contribution in [-0.4, -0.2) is 40.4 Å². The number of fused-ring (bicyclic) bond motifs is 2. The van der Waals surface area contributed by atoms with E-state index < -0.39 is 0 Å². The van der Waals surface area contributed by atoms with Crippen LogP contribution in [0.5, 0.6) is 0 Å². The van der Waals surface area contributed by atoms with Crippen molar-refractivity contribution in [1.82, 2.24) is 25.9 Å². The van der Waals surface area contributed by atoms with Crippen molar-refractivity contribution < 1.29 is 9.59 Å². The molecule has 5 rings (SSSR count). The maximum atomic E-state index is 12.9. The Morgan fingerprint density at radius 3 is 2.59 bits per heavy atom. The number of aromatic nitrogens is 2. The molecule has 1 saturated carbocycles. The van der Waals surface area contributed by atoms with Gasteiger partial charge in [-0.2, -0.15) is 0 Å². The van der Waals surface area contributed by atoms with Crippen LogP contribution >= 0.6 is 35.3 Å². The van der Waals surface area contributed by atoms with Gasteiger partial charge in [0, 0.05) is 52.4 Å². The van der Waals surface area contributed by atoms with Gasteiger partial charge in [-0.25, -0.2) is 4.98 Å². The van der Waals surface area contributed by atoms with Crippen LogP contribution in [0.1, 0.15) is 56.5 Å². The average Bonchev–Trinajstić information content (AvgIpc) is 3.39. The molecule has 3 aromatic rings. The van der Waals surface area contributed by atoms with Crippen molar-refractivity contribution in [2.24, 2.45) is 0 Å². The number of nitrogens with zero attached hydrogens (tertiary/aromatic N) is 1. The highest BCUT2D eigenvalue weighted by Gasteiger charge is 2.30. The van der Waals surface area contributed by atoms with E-state index in [2.05, 4.69) is 25.9 Å². The van der Waals surface area contributed by atoms with Gasteiger partial charge in [-0.15, -0.1) is 23.7 Å². The monoisotopic (exact) mass is 493 g/mol. The lowest BCUT2D eigenvalue weighted by molar-refractivity contribution is 0.0860. The summed E-state index contributed by atoms with van der Waals surface area (Å²) in [6.45, 7) is 1.67. The lowest BCUT2D eigenvalue weighted by Gasteiger charge is -2.32. The Morgan fingerprint density at radius 1 is 1.09 bits per heavy atom. The van der Waals surface area contributed by atoms with E-state index in [1.54, 1.807) is 12.1 Å². The van der Waals surface area contributed by atoms with Crippen LogP contribution in [0.3, 0.4) is 0 Å². The average molecular weight is 494 g/mol. The second-order valence-electron chi connectivity index (χ2n) is 8.17. The molecule has 4 N–H and O–H groups in total. The van der Waals surface area contributed by atoms with Crippen molar-refractivity contribution in [1.29, 1.82) is 0 Å². The Hall–Kier alpha value is -2.13. The smallest absolute Gasteiger partial charge is 0.280 e. The van der Waals surface area contributed by atoms with E-state index in [0.717, 1.165) is 66.7 Å². The number of aromatic amines is 1. The number of benzene rings is 1. The normalized spacial score (nSPS) is 20.3. The van der Waals surface area contributed by atoms with Gasteiger partial charge in [-0.3, -0.25) is 9.59 Å². The molecular formula is C22H25Cl2N5O2S.